The van der Waals surface area contributed by atoms with Gasteiger partial charge in [-0.05, 0) is 38.5 Å². The number of aliphatic carboxylic acids is 1. The second-order valence-electron chi connectivity index (χ2n) is 6.03. The van der Waals surface area contributed by atoms with E-state index in [2.05, 4.69) is 5.32 Å². The van der Waals surface area contributed by atoms with Crippen LogP contribution in [-0.4, -0.2) is 60.1 Å². The van der Waals surface area contributed by atoms with Crippen LogP contribution >= 0.6 is 0 Å². The first-order valence-corrected chi connectivity index (χ1v) is 8.26. The molecule has 0 aromatic heterocycles. The molecule has 0 aliphatic carbocycles. The van der Waals surface area contributed by atoms with Gasteiger partial charge in [0, 0.05) is 39.6 Å². The summed E-state index contributed by atoms with van der Waals surface area (Å²) in [7, 11) is 0. The van der Waals surface area contributed by atoms with Crippen molar-refractivity contribution < 1.29 is 24.2 Å². The van der Waals surface area contributed by atoms with Gasteiger partial charge in [0.1, 0.15) is 6.04 Å². The second-order valence-corrected chi connectivity index (χ2v) is 6.03. The van der Waals surface area contributed by atoms with Crippen LogP contribution in [0.1, 0.15) is 46.0 Å². The standard InChI is InChI=1S/C16H28N2O5/c1-12(16(21)22)18(9-8-17-13(2)19)15(20)5-3-4-14-6-10-23-11-7-14/h12,14H,3-11H2,1-2H3,(H,17,19)(H,21,22). The fraction of sp³-hybridized carbons (Fsp3) is 0.812. The molecule has 0 bridgehead atoms. The van der Waals surface area contributed by atoms with E-state index in [0.717, 1.165) is 38.9 Å². The van der Waals surface area contributed by atoms with E-state index in [1.807, 2.05) is 0 Å². The average molecular weight is 328 g/mol. The highest BCUT2D eigenvalue weighted by atomic mass is 16.5. The molecule has 1 aliphatic heterocycles. The molecule has 0 radical (unpaired) electrons. The van der Waals surface area contributed by atoms with E-state index in [0.29, 0.717) is 12.3 Å². The van der Waals surface area contributed by atoms with Crippen LogP contribution in [0.5, 0.6) is 0 Å². The van der Waals surface area contributed by atoms with E-state index in [1.165, 1.54) is 18.7 Å². The van der Waals surface area contributed by atoms with Crippen molar-refractivity contribution in [3.8, 4) is 0 Å². The summed E-state index contributed by atoms with van der Waals surface area (Å²) in [6.45, 7) is 4.93. The Morgan fingerprint density at radius 2 is 1.96 bits per heavy atom. The van der Waals surface area contributed by atoms with Gasteiger partial charge in [0.2, 0.25) is 11.8 Å². The van der Waals surface area contributed by atoms with Crippen LogP contribution in [0, 0.1) is 5.92 Å². The smallest absolute Gasteiger partial charge is 0.326 e. The summed E-state index contributed by atoms with van der Waals surface area (Å²) in [5.41, 5.74) is 0. The highest BCUT2D eigenvalue weighted by molar-refractivity contribution is 5.83. The number of nitrogens with zero attached hydrogens (tertiary/aromatic N) is 1. The van der Waals surface area contributed by atoms with Gasteiger partial charge >= 0.3 is 5.97 Å². The van der Waals surface area contributed by atoms with E-state index >= 15 is 0 Å². The van der Waals surface area contributed by atoms with Crippen molar-refractivity contribution in [2.75, 3.05) is 26.3 Å². The number of amides is 2. The minimum absolute atomic E-state index is 0.169. The molecule has 1 saturated heterocycles. The van der Waals surface area contributed by atoms with Crippen LogP contribution in [0.25, 0.3) is 0 Å². The molecule has 2 amide bonds. The lowest BCUT2D eigenvalue weighted by Crippen LogP contribution is -2.46. The van der Waals surface area contributed by atoms with Crippen molar-refractivity contribution >= 4 is 17.8 Å². The van der Waals surface area contributed by atoms with Gasteiger partial charge in [0.05, 0.1) is 0 Å². The molecule has 0 spiro atoms. The number of ether oxygens (including phenoxy) is 1. The van der Waals surface area contributed by atoms with Gasteiger partial charge in [-0.2, -0.15) is 0 Å². The molecule has 1 rings (SSSR count). The highest BCUT2D eigenvalue weighted by Gasteiger charge is 2.25. The Morgan fingerprint density at radius 1 is 1.30 bits per heavy atom. The monoisotopic (exact) mass is 328 g/mol. The number of hydrogen-bond acceptors (Lipinski definition) is 4. The predicted molar refractivity (Wildman–Crippen MR) is 84.9 cm³/mol. The summed E-state index contributed by atoms with van der Waals surface area (Å²) in [6.07, 6.45) is 4.13. The fourth-order valence-electron chi connectivity index (χ4n) is 2.74. The molecule has 1 atom stereocenters. The molecule has 2 N–H and O–H groups in total. The molecule has 0 aromatic rings. The maximum absolute atomic E-state index is 12.3. The number of carbonyl (C=O) groups excluding carboxylic acids is 2. The summed E-state index contributed by atoms with van der Waals surface area (Å²) in [6, 6.07) is -0.890. The minimum Gasteiger partial charge on any atom is -0.480 e. The molecule has 132 valence electrons. The first kappa shape index (κ1) is 19.4. The van der Waals surface area contributed by atoms with Crippen molar-refractivity contribution in [3.63, 3.8) is 0 Å². The van der Waals surface area contributed by atoms with Gasteiger partial charge in [-0.15, -0.1) is 0 Å². The minimum atomic E-state index is -1.04. The zero-order valence-corrected chi connectivity index (χ0v) is 14.0. The Hall–Kier alpha value is -1.63. The van der Waals surface area contributed by atoms with Gasteiger partial charge in [0.15, 0.2) is 0 Å². The van der Waals surface area contributed by atoms with Crippen molar-refractivity contribution in [1.82, 2.24) is 10.2 Å². The quantitative estimate of drug-likeness (QED) is 0.659. The van der Waals surface area contributed by atoms with E-state index in [9.17, 15) is 14.4 Å². The van der Waals surface area contributed by atoms with Crippen molar-refractivity contribution in [2.45, 2.75) is 52.0 Å². The molecule has 1 unspecified atom stereocenters. The van der Waals surface area contributed by atoms with Crippen molar-refractivity contribution in [3.05, 3.63) is 0 Å². The van der Waals surface area contributed by atoms with Crippen molar-refractivity contribution in [2.24, 2.45) is 5.92 Å². The Morgan fingerprint density at radius 3 is 2.52 bits per heavy atom. The van der Waals surface area contributed by atoms with Gasteiger partial charge in [-0.25, -0.2) is 4.79 Å². The Balaban J connectivity index is 2.42. The average Bonchev–Trinajstić information content (AvgIpc) is 2.51. The molecule has 1 fully saturated rings. The van der Waals surface area contributed by atoms with Crippen LogP contribution in [0.15, 0.2) is 0 Å². The predicted octanol–water partition coefficient (Wildman–Crippen LogP) is 1.02. The number of carboxylic acid groups (broad SMARTS) is 1. The SMILES string of the molecule is CC(=O)NCCN(C(=O)CCCC1CCOCC1)C(C)C(=O)O. The summed E-state index contributed by atoms with van der Waals surface area (Å²) in [5, 5.41) is 11.7. The third kappa shape index (κ3) is 7.45. The topological polar surface area (TPSA) is 95.9 Å². The van der Waals surface area contributed by atoms with E-state index in [1.54, 1.807) is 0 Å². The van der Waals surface area contributed by atoms with Gasteiger partial charge in [-0.1, -0.05) is 0 Å². The zero-order chi connectivity index (χ0) is 17.2. The van der Waals surface area contributed by atoms with Crippen molar-refractivity contribution in [1.29, 1.82) is 0 Å². The Labute approximate surface area is 137 Å². The largest absolute Gasteiger partial charge is 0.480 e. The Bertz CT molecular complexity index is 407. The van der Waals surface area contributed by atoms with Crippen LogP contribution < -0.4 is 5.32 Å². The summed E-state index contributed by atoms with van der Waals surface area (Å²) in [4.78, 5) is 35.7. The molecule has 7 heteroatoms. The van der Waals surface area contributed by atoms with E-state index < -0.39 is 12.0 Å². The van der Waals surface area contributed by atoms with Gasteiger partial charge in [-0.3, -0.25) is 9.59 Å². The number of carboxylic acids is 1. The van der Waals surface area contributed by atoms with Crippen LogP contribution in [-0.2, 0) is 19.1 Å². The summed E-state index contributed by atoms with van der Waals surface area (Å²) >= 11 is 0. The highest BCUT2D eigenvalue weighted by Crippen LogP contribution is 2.21. The maximum Gasteiger partial charge on any atom is 0.326 e. The van der Waals surface area contributed by atoms with E-state index in [-0.39, 0.29) is 24.9 Å². The molecule has 1 aliphatic rings. The van der Waals surface area contributed by atoms with Crippen LogP contribution in [0.4, 0.5) is 0 Å². The first-order chi connectivity index (χ1) is 10.9. The lowest BCUT2D eigenvalue weighted by atomic mass is 9.94. The molecule has 7 nitrogen and oxygen atoms in total. The third-order valence-electron chi connectivity index (χ3n) is 4.22. The van der Waals surface area contributed by atoms with Gasteiger partial charge in [0.25, 0.3) is 0 Å². The third-order valence-corrected chi connectivity index (χ3v) is 4.22. The lowest BCUT2D eigenvalue weighted by Gasteiger charge is -2.27. The van der Waals surface area contributed by atoms with Crippen LogP contribution in [0.2, 0.25) is 0 Å². The maximum atomic E-state index is 12.3. The lowest BCUT2D eigenvalue weighted by molar-refractivity contribution is -0.149. The number of carbonyl (C=O) groups is 3. The fourth-order valence-corrected chi connectivity index (χ4v) is 2.74. The Kier molecular flexibility index (Phi) is 8.61. The van der Waals surface area contributed by atoms with Gasteiger partial charge < -0.3 is 20.1 Å². The van der Waals surface area contributed by atoms with Crippen LogP contribution in [0.3, 0.4) is 0 Å². The summed E-state index contributed by atoms with van der Waals surface area (Å²) < 4.78 is 5.31. The molecular formula is C16H28N2O5. The first-order valence-electron chi connectivity index (χ1n) is 8.26. The number of rotatable bonds is 9. The molecule has 1 heterocycles. The molecule has 0 saturated carbocycles. The normalized spacial score (nSPS) is 16.6. The number of nitrogens with one attached hydrogen (secondary N) is 1. The second kappa shape index (κ2) is 10.2. The molecular weight excluding hydrogens is 300 g/mol. The molecule has 23 heavy (non-hydrogen) atoms. The van der Waals surface area contributed by atoms with E-state index in [4.69, 9.17) is 9.84 Å². The zero-order valence-electron chi connectivity index (χ0n) is 14.0. The number of hydrogen-bond donors (Lipinski definition) is 2. The molecule has 0 aromatic carbocycles. The summed E-state index contributed by atoms with van der Waals surface area (Å²) in [5.74, 6) is -0.802.